The van der Waals surface area contributed by atoms with Crippen molar-refractivity contribution in [2.75, 3.05) is 25.1 Å². The standard InChI is InChI=1S/C14H21N3O4/c1-10(7-14(3)20-4-5-21-14)8-15-13-11(2)6-12(9-16-13)17(18)19/h6,9-10H,4-5,7-8H2,1-3H3,(H,15,16). The number of aromatic nitrogens is 1. The van der Waals surface area contributed by atoms with Crippen molar-refractivity contribution >= 4 is 11.5 Å². The first-order chi connectivity index (χ1) is 9.89. The lowest BCUT2D eigenvalue weighted by Crippen LogP contribution is -2.30. The third-order valence-electron chi connectivity index (χ3n) is 3.51. The lowest BCUT2D eigenvalue weighted by Gasteiger charge is -2.26. The van der Waals surface area contributed by atoms with Crippen molar-refractivity contribution in [3.05, 3.63) is 27.9 Å². The van der Waals surface area contributed by atoms with Crippen molar-refractivity contribution in [2.45, 2.75) is 33.0 Å². The van der Waals surface area contributed by atoms with Crippen LogP contribution in [0.5, 0.6) is 0 Å². The van der Waals surface area contributed by atoms with Gasteiger partial charge in [-0.15, -0.1) is 0 Å². The highest BCUT2D eigenvalue weighted by atomic mass is 16.7. The fourth-order valence-electron chi connectivity index (χ4n) is 2.50. The number of hydrogen-bond acceptors (Lipinski definition) is 6. The molecule has 1 atom stereocenters. The van der Waals surface area contributed by atoms with Crippen LogP contribution in [0, 0.1) is 23.0 Å². The smallest absolute Gasteiger partial charge is 0.287 e. The topological polar surface area (TPSA) is 86.5 Å². The van der Waals surface area contributed by atoms with Crippen LogP contribution in [0.2, 0.25) is 0 Å². The van der Waals surface area contributed by atoms with Crippen LogP contribution in [-0.4, -0.2) is 35.5 Å². The van der Waals surface area contributed by atoms with Gasteiger partial charge >= 0.3 is 0 Å². The van der Waals surface area contributed by atoms with Crippen molar-refractivity contribution in [2.24, 2.45) is 5.92 Å². The van der Waals surface area contributed by atoms with Gasteiger partial charge in [0.05, 0.1) is 18.1 Å². The Balaban J connectivity index is 1.89. The molecule has 0 aromatic carbocycles. The average molecular weight is 295 g/mol. The van der Waals surface area contributed by atoms with Gasteiger partial charge in [0.15, 0.2) is 5.79 Å². The molecule has 1 aliphatic heterocycles. The summed E-state index contributed by atoms with van der Waals surface area (Å²) in [6.07, 6.45) is 2.05. The van der Waals surface area contributed by atoms with E-state index in [0.717, 1.165) is 12.0 Å². The van der Waals surface area contributed by atoms with Crippen LogP contribution in [0.1, 0.15) is 25.8 Å². The second kappa shape index (κ2) is 6.36. The van der Waals surface area contributed by atoms with Crippen molar-refractivity contribution < 1.29 is 14.4 Å². The van der Waals surface area contributed by atoms with Crippen molar-refractivity contribution in [1.29, 1.82) is 0 Å². The highest BCUT2D eigenvalue weighted by Gasteiger charge is 2.32. The number of nitro groups is 1. The van der Waals surface area contributed by atoms with Gasteiger partial charge in [0.1, 0.15) is 12.0 Å². The molecule has 7 heteroatoms. The molecule has 1 saturated heterocycles. The molecule has 0 aliphatic carbocycles. The van der Waals surface area contributed by atoms with Crippen molar-refractivity contribution in [1.82, 2.24) is 4.98 Å². The summed E-state index contributed by atoms with van der Waals surface area (Å²) in [4.78, 5) is 14.3. The van der Waals surface area contributed by atoms with Crippen LogP contribution < -0.4 is 5.32 Å². The van der Waals surface area contributed by atoms with Crippen LogP contribution in [0.3, 0.4) is 0 Å². The molecule has 2 rings (SSSR count). The van der Waals surface area contributed by atoms with Gasteiger partial charge in [-0.05, 0) is 25.3 Å². The predicted molar refractivity (Wildman–Crippen MR) is 78.2 cm³/mol. The second-order valence-corrected chi connectivity index (χ2v) is 5.64. The lowest BCUT2D eigenvalue weighted by atomic mass is 10.0. The van der Waals surface area contributed by atoms with E-state index in [1.807, 2.05) is 6.92 Å². The summed E-state index contributed by atoms with van der Waals surface area (Å²) in [6, 6.07) is 1.52. The Morgan fingerprint density at radius 2 is 2.19 bits per heavy atom. The monoisotopic (exact) mass is 295 g/mol. The molecular weight excluding hydrogens is 274 g/mol. The van der Waals surface area contributed by atoms with Gasteiger partial charge < -0.3 is 14.8 Å². The molecule has 7 nitrogen and oxygen atoms in total. The quantitative estimate of drug-likeness (QED) is 0.641. The van der Waals surface area contributed by atoms with E-state index in [4.69, 9.17) is 9.47 Å². The Labute approximate surface area is 123 Å². The number of rotatable bonds is 6. The minimum absolute atomic E-state index is 0.00589. The molecule has 1 aliphatic rings. The fraction of sp³-hybridized carbons (Fsp3) is 0.643. The number of nitrogens with one attached hydrogen (secondary N) is 1. The Kier molecular flexibility index (Phi) is 4.74. The molecule has 1 aromatic heterocycles. The van der Waals surface area contributed by atoms with E-state index in [-0.39, 0.29) is 5.69 Å². The number of anilines is 1. The Hall–Kier alpha value is -1.73. The molecule has 1 N–H and O–H groups in total. The van der Waals surface area contributed by atoms with Gasteiger partial charge in [0.2, 0.25) is 0 Å². The maximum absolute atomic E-state index is 10.7. The zero-order chi connectivity index (χ0) is 15.5. The van der Waals surface area contributed by atoms with E-state index in [1.165, 1.54) is 12.3 Å². The summed E-state index contributed by atoms with van der Waals surface area (Å²) in [6.45, 7) is 7.83. The minimum atomic E-state index is -0.501. The zero-order valence-electron chi connectivity index (χ0n) is 12.6. The van der Waals surface area contributed by atoms with Crippen molar-refractivity contribution in [3.63, 3.8) is 0 Å². The Morgan fingerprint density at radius 1 is 1.52 bits per heavy atom. The first kappa shape index (κ1) is 15.7. The Morgan fingerprint density at radius 3 is 2.76 bits per heavy atom. The fourth-order valence-corrected chi connectivity index (χ4v) is 2.50. The highest BCUT2D eigenvalue weighted by Crippen LogP contribution is 2.27. The summed E-state index contributed by atoms with van der Waals surface area (Å²) < 4.78 is 11.2. The number of hydrogen-bond donors (Lipinski definition) is 1. The van der Waals surface area contributed by atoms with Gasteiger partial charge in [0, 0.05) is 19.0 Å². The molecule has 116 valence electrons. The number of ether oxygens (including phenoxy) is 2. The van der Waals surface area contributed by atoms with E-state index in [1.54, 1.807) is 6.92 Å². The highest BCUT2D eigenvalue weighted by molar-refractivity contribution is 5.48. The third-order valence-corrected chi connectivity index (χ3v) is 3.51. The first-order valence-electron chi connectivity index (χ1n) is 7.02. The van der Waals surface area contributed by atoms with E-state index in [0.29, 0.717) is 31.5 Å². The summed E-state index contributed by atoms with van der Waals surface area (Å²) in [5.74, 6) is 0.495. The van der Waals surface area contributed by atoms with Crippen LogP contribution in [0.15, 0.2) is 12.3 Å². The largest absolute Gasteiger partial charge is 0.370 e. The van der Waals surface area contributed by atoms with E-state index in [2.05, 4.69) is 17.2 Å². The van der Waals surface area contributed by atoms with E-state index in [9.17, 15) is 10.1 Å². The van der Waals surface area contributed by atoms with E-state index < -0.39 is 10.7 Å². The summed E-state index contributed by atoms with van der Waals surface area (Å²) in [5.41, 5.74) is 0.766. The molecular formula is C14H21N3O4. The van der Waals surface area contributed by atoms with Crippen molar-refractivity contribution in [3.8, 4) is 0 Å². The summed E-state index contributed by atoms with van der Waals surface area (Å²) in [5, 5.41) is 13.9. The van der Waals surface area contributed by atoms with Crippen LogP contribution in [0.25, 0.3) is 0 Å². The van der Waals surface area contributed by atoms with Crippen LogP contribution in [-0.2, 0) is 9.47 Å². The normalized spacial score (nSPS) is 18.4. The molecule has 2 heterocycles. The molecule has 0 radical (unpaired) electrons. The molecule has 1 aromatic rings. The molecule has 1 unspecified atom stereocenters. The minimum Gasteiger partial charge on any atom is -0.370 e. The average Bonchev–Trinajstić information content (AvgIpc) is 2.83. The molecule has 0 saturated carbocycles. The lowest BCUT2D eigenvalue weighted by molar-refractivity contribution is -0.385. The number of aryl methyl sites for hydroxylation is 1. The zero-order valence-corrected chi connectivity index (χ0v) is 12.6. The molecule has 0 bridgehead atoms. The number of nitrogens with zero attached hydrogens (tertiary/aromatic N) is 2. The summed E-state index contributed by atoms with van der Waals surface area (Å²) >= 11 is 0. The Bertz CT molecular complexity index is 515. The SMILES string of the molecule is Cc1cc([N+](=O)[O-])cnc1NCC(C)CC1(C)OCCO1. The van der Waals surface area contributed by atoms with Gasteiger partial charge in [-0.1, -0.05) is 6.92 Å². The van der Waals surface area contributed by atoms with Crippen LogP contribution >= 0.6 is 0 Å². The molecule has 1 fully saturated rings. The predicted octanol–water partition coefficient (Wildman–Crippen LogP) is 2.50. The molecule has 0 amide bonds. The maximum Gasteiger partial charge on any atom is 0.287 e. The van der Waals surface area contributed by atoms with Gasteiger partial charge in [-0.3, -0.25) is 10.1 Å². The maximum atomic E-state index is 10.7. The van der Waals surface area contributed by atoms with Gasteiger partial charge in [-0.25, -0.2) is 4.98 Å². The van der Waals surface area contributed by atoms with E-state index >= 15 is 0 Å². The number of pyridine rings is 1. The first-order valence-corrected chi connectivity index (χ1v) is 7.02. The second-order valence-electron chi connectivity index (χ2n) is 5.64. The molecule has 21 heavy (non-hydrogen) atoms. The van der Waals surface area contributed by atoms with Crippen LogP contribution in [0.4, 0.5) is 11.5 Å². The summed E-state index contributed by atoms with van der Waals surface area (Å²) in [7, 11) is 0. The van der Waals surface area contributed by atoms with Gasteiger partial charge in [-0.2, -0.15) is 0 Å². The molecule has 0 spiro atoms. The third kappa shape index (κ3) is 4.12. The van der Waals surface area contributed by atoms with Gasteiger partial charge in [0.25, 0.3) is 5.69 Å².